The van der Waals surface area contributed by atoms with Gasteiger partial charge < -0.3 is 29.4 Å². The molecule has 8 heteroatoms. The highest BCUT2D eigenvalue weighted by atomic mass is 16.5. The van der Waals surface area contributed by atoms with E-state index >= 15 is 0 Å². The Balaban J connectivity index is 3.18. The number of carboxylic acid groups (broad SMARTS) is 1. The molecule has 0 radical (unpaired) electrons. The number of rotatable bonds is 16. The molecule has 0 aromatic rings. The molecule has 0 rings (SSSR count). The molecule has 0 heterocycles. The molecule has 0 aliphatic rings. The smallest absolute Gasteiger partial charge is 0.329 e. The second-order valence-corrected chi connectivity index (χ2v) is 5.05. The summed E-state index contributed by atoms with van der Waals surface area (Å²) in [5.41, 5.74) is 0. The van der Waals surface area contributed by atoms with Crippen LogP contribution in [0.25, 0.3) is 0 Å². The molecular formula is C15H29NO7. The molecule has 136 valence electrons. The lowest BCUT2D eigenvalue weighted by Gasteiger charge is -2.10. The monoisotopic (exact) mass is 335 g/mol. The van der Waals surface area contributed by atoms with E-state index < -0.39 is 12.6 Å². The fraction of sp³-hybridized carbons (Fsp3) is 0.867. The summed E-state index contributed by atoms with van der Waals surface area (Å²) >= 11 is 0. The van der Waals surface area contributed by atoms with Gasteiger partial charge in [-0.3, -0.25) is 4.79 Å². The third-order valence-corrected chi connectivity index (χ3v) is 2.87. The maximum absolute atomic E-state index is 11.2. The van der Waals surface area contributed by atoms with Crippen molar-refractivity contribution in [2.24, 2.45) is 5.92 Å². The zero-order valence-corrected chi connectivity index (χ0v) is 14.0. The lowest BCUT2D eigenvalue weighted by molar-refractivity contribution is -0.143. The summed E-state index contributed by atoms with van der Waals surface area (Å²) < 4.78 is 20.7. The average Bonchev–Trinajstić information content (AvgIpc) is 2.51. The first-order valence-corrected chi connectivity index (χ1v) is 7.85. The third-order valence-electron chi connectivity index (χ3n) is 2.87. The van der Waals surface area contributed by atoms with Gasteiger partial charge in [0.05, 0.1) is 33.0 Å². The molecule has 0 aromatic carbocycles. The van der Waals surface area contributed by atoms with Gasteiger partial charge in [0.15, 0.2) is 0 Å². The molecule has 0 saturated heterocycles. The number of nitrogens with one attached hydrogen (secondary N) is 1. The summed E-state index contributed by atoms with van der Waals surface area (Å²) in [5.74, 6) is -0.904. The number of aliphatic carboxylic acids is 1. The van der Waals surface area contributed by atoms with Crippen LogP contribution in [0.15, 0.2) is 0 Å². The first-order valence-electron chi connectivity index (χ1n) is 7.85. The first kappa shape index (κ1) is 21.8. The van der Waals surface area contributed by atoms with Gasteiger partial charge in [0.2, 0.25) is 5.91 Å². The highest BCUT2D eigenvalue weighted by Crippen LogP contribution is 1.99. The predicted molar refractivity (Wildman–Crippen MR) is 83.4 cm³/mol. The van der Waals surface area contributed by atoms with Crippen LogP contribution in [0.2, 0.25) is 0 Å². The summed E-state index contributed by atoms with van der Waals surface area (Å²) in [6.07, 6.45) is 1.11. The van der Waals surface area contributed by atoms with Crippen molar-refractivity contribution in [2.45, 2.75) is 20.3 Å². The van der Waals surface area contributed by atoms with Gasteiger partial charge in [0, 0.05) is 13.2 Å². The second-order valence-electron chi connectivity index (χ2n) is 5.05. The molecule has 23 heavy (non-hydrogen) atoms. The van der Waals surface area contributed by atoms with Crippen LogP contribution in [-0.4, -0.2) is 76.4 Å². The van der Waals surface area contributed by atoms with E-state index in [-0.39, 0.29) is 12.5 Å². The first-order chi connectivity index (χ1) is 11.1. The van der Waals surface area contributed by atoms with Crippen molar-refractivity contribution in [1.82, 2.24) is 5.32 Å². The van der Waals surface area contributed by atoms with Gasteiger partial charge in [-0.15, -0.1) is 0 Å². The van der Waals surface area contributed by atoms with E-state index in [1.54, 1.807) is 0 Å². The number of hydrogen-bond donors (Lipinski definition) is 2. The molecule has 0 bridgehead atoms. The van der Waals surface area contributed by atoms with E-state index in [9.17, 15) is 9.59 Å². The van der Waals surface area contributed by atoms with Crippen LogP contribution >= 0.6 is 0 Å². The Morgan fingerprint density at radius 2 is 1.57 bits per heavy atom. The van der Waals surface area contributed by atoms with Crippen LogP contribution in [0, 0.1) is 5.92 Å². The van der Waals surface area contributed by atoms with Crippen molar-refractivity contribution in [3.8, 4) is 0 Å². The molecule has 0 spiro atoms. The SMILES string of the molecule is CCC(C)COCCOCCOCCNC(=O)COCC(=O)O. The van der Waals surface area contributed by atoms with E-state index in [1.165, 1.54) is 0 Å². The van der Waals surface area contributed by atoms with Crippen LogP contribution in [0.3, 0.4) is 0 Å². The Kier molecular flexibility index (Phi) is 14.8. The van der Waals surface area contributed by atoms with E-state index in [4.69, 9.17) is 19.3 Å². The number of carbonyl (C=O) groups is 2. The van der Waals surface area contributed by atoms with Gasteiger partial charge in [-0.05, 0) is 5.92 Å². The quantitative estimate of drug-likeness (QED) is 0.391. The van der Waals surface area contributed by atoms with Gasteiger partial charge in [-0.1, -0.05) is 20.3 Å². The van der Waals surface area contributed by atoms with Crippen LogP contribution in [0.4, 0.5) is 0 Å². The molecule has 8 nitrogen and oxygen atoms in total. The van der Waals surface area contributed by atoms with Crippen molar-refractivity contribution in [1.29, 1.82) is 0 Å². The Morgan fingerprint density at radius 3 is 2.17 bits per heavy atom. The van der Waals surface area contributed by atoms with Crippen LogP contribution in [-0.2, 0) is 28.5 Å². The largest absolute Gasteiger partial charge is 0.480 e. The van der Waals surface area contributed by atoms with Gasteiger partial charge in [0.25, 0.3) is 0 Å². The molecule has 1 unspecified atom stereocenters. The van der Waals surface area contributed by atoms with E-state index in [1.807, 2.05) is 0 Å². The Morgan fingerprint density at radius 1 is 0.957 bits per heavy atom. The van der Waals surface area contributed by atoms with Crippen molar-refractivity contribution in [3.63, 3.8) is 0 Å². The summed E-state index contributed by atoms with van der Waals surface area (Å²) in [5, 5.41) is 10.9. The topological polar surface area (TPSA) is 103 Å². The Hall–Kier alpha value is -1.22. The van der Waals surface area contributed by atoms with Crippen molar-refractivity contribution in [2.75, 3.05) is 59.4 Å². The van der Waals surface area contributed by atoms with E-state index in [2.05, 4.69) is 23.9 Å². The molecule has 1 amide bonds. The van der Waals surface area contributed by atoms with E-state index in [0.717, 1.165) is 13.0 Å². The van der Waals surface area contributed by atoms with Crippen LogP contribution < -0.4 is 5.32 Å². The lowest BCUT2D eigenvalue weighted by atomic mass is 10.1. The highest BCUT2D eigenvalue weighted by Gasteiger charge is 2.03. The fourth-order valence-electron chi connectivity index (χ4n) is 1.39. The van der Waals surface area contributed by atoms with E-state index in [0.29, 0.717) is 45.5 Å². The minimum atomic E-state index is -1.11. The molecule has 1 atom stereocenters. The Bertz CT molecular complexity index is 312. The number of carboxylic acids is 1. The summed E-state index contributed by atoms with van der Waals surface area (Å²) in [6.45, 7) is 7.01. The normalized spacial score (nSPS) is 12.1. The molecule has 0 aliphatic carbocycles. The minimum absolute atomic E-state index is 0.272. The number of carbonyl (C=O) groups excluding carboxylic acids is 1. The van der Waals surface area contributed by atoms with Gasteiger partial charge in [-0.25, -0.2) is 4.79 Å². The minimum Gasteiger partial charge on any atom is -0.480 e. The van der Waals surface area contributed by atoms with Gasteiger partial charge >= 0.3 is 5.97 Å². The number of hydrogen-bond acceptors (Lipinski definition) is 6. The third kappa shape index (κ3) is 17.0. The molecule has 0 aromatic heterocycles. The Labute approximate surface area is 137 Å². The van der Waals surface area contributed by atoms with Crippen LogP contribution in [0.1, 0.15) is 20.3 Å². The lowest BCUT2D eigenvalue weighted by Crippen LogP contribution is -2.31. The van der Waals surface area contributed by atoms with Crippen molar-refractivity contribution >= 4 is 11.9 Å². The van der Waals surface area contributed by atoms with Crippen molar-refractivity contribution in [3.05, 3.63) is 0 Å². The van der Waals surface area contributed by atoms with Gasteiger partial charge in [-0.2, -0.15) is 0 Å². The summed E-state index contributed by atoms with van der Waals surface area (Å²) in [4.78, 5) is 21.4. The predicted octanol–water partition coefficient (Wildman–Crippen LogP) is 0.300. The maximum Gasteiger partial charge on any atom is 0.329 e. The summed E-state index contributed by atoms with van der Waals surface area (Å²) in [6, 6.07) is 0. The standard InChI is InChI=1S/C15H29NO7/c1-3-13(2)10-22-9-8-21-7-6-20-5-4-16-14(17)11-23-12-15(18)19/h13H,3-12H2,1-2H3,(H,16,17)(H,18,19). The molecule has 2 N–H and O–H groups in total. The highest BCUT2D eigenvalue weighted by molar-refractivity contribution is 5.77. The number of ether oxygens (including phenoxy) is 4. The fourth-order valence-corrected chi connectivity index (χ4v) is 1.39. The average molecular weight is 335 g/mol. The maximum atomic E-state index is 11.2. The molecular weight excluding hydrogens is 306 g/mol. The summed E-state index contributed by atoms with van der Waals surface area (Å²) in [7, 11) is 0. The van der Waals surface area contributed by atoms with Crippen LogP contribution in [0.5, 0.6) is 0 Å². The zero-order chi connectivity index (χ0) is 17.3. The van der Waals surface area contributed by atoms with Crippen molar-refractivity contribution < 1.29 is 33.6 Å². The molecule has 0 aliphatic heterocycles. The van der Waals surface area contributed by atoms with Gasteiger partial charge in [0.1, 0.15) is 13.2 Å². The second kappa shape index (κ2) is 15.7. The molecule has 0 fully saturated rings. The molecule has 0 saturated carbocycles. The zero-order valence-electron chi connectivity index (χ0n) is 14.0. The number of amides is 1.